The Kier molecular flexibility index (Phi) is 2.75. The van der Waals surface area contributed by atoms with E-state index in [0.29, 0.717) is 18.8 Å². The molecule has 1 aliphatic heterocycles. The highest BCUT2D eigenvalue weighted by Crippen LogP contribution is 2.27. The van der Waals surface area contributed by atoms with Crippen LogP contribution >= 0.6 is 0 Å². The molecule has 1 aliphatic rings. The standard InChI is InChI=1S/C9H18NO2/c1-5-10(4)6-9(10)12-7-11-8(2)3/h9H,2,5-7H2,1,3-4H3/q+1. The van der Waals surface area contributed by atoms with Crippen LogP contribution in [0.15, 0.2) is 12.3 Å². The van der Waals surface area contributed by atoms with Crippen LogP contribution < -0.4 is 0 Å². The van der Waals surface area contributed by atoms with Gasteiger partial charge in [-0.05, 0) is 13.8 Å². The molecule has 70 valence electrons. The van der Waals surface area contributed by atoms with Gasteiger partial charge in [0, 0.05) is 0 Å². The highest BCUT2D eigenvalue weighted by atomic mass is 16.7. The average Bonchev–Trinajstić information content (AvgIpc) is 2.63. The smallest absolute Gasteiger partial charge is 0.246 e. The summed E-state index contributed by atoms with van der Waals surface area (Å²) in [7, 11) is 2.19. The van der Waals surface area contributed by atoms with Crippen molar-refractivity contribution in [1.29, 1.82) is 0 Å². The molecule has 1 saturated heterocycles. The van der Waals surface area contributed by atoms with Gasteiger partial charge in [0.1, 0.15) is 0 Å². The van der Waals surface area contributed by atoms with Crippen molar-refractivity contribution < 1.29 is 14.0 Å². The van der Waals surface area contributed by atoms with Gasteiger partial charge in [-0.2, -0.15) is 0 Å². The Morgan fingerprint density at radius 1 is 1.67 bits per heavy atom. The molecule has 1 heterocycles. The molecular weight excluding hydrogens is 154 g/mol. The van der Waals surface area contributed by atoms with Crippen LogP contribution in [-0.2, 0) is 9.47 Å². The van der Waals surface area contributed by atoms with Gasteiger partial charge in [0.05, 0.1) is 19.4 Å². The molecule has 1 rings (SSSR count). The molecule has 0 radical (unpaired) electrons. The van der Waals surface area contributed by atoms with Crippen LogP contribution in [0, 0.1) is 0 Å². The van der Waals surface area contributed by atoms with Crippen molar-refractivity contribution in [3.63, 3.8) is 0 Å². The predicted molar refractivity (Wildman–Crippen MR) is 47.2 cm³/mol. The van der Waals surface area contributed by atoms with Crippen LogP contribution in [0.4, 0.5) is 0 Å². The van der Waals surface area contributed by atoms with Crippen molar-refractivity contribution in [2.45, 2.75) is 20.1 Å². The van der Waals surface area contributed by atoms with Crippen molar-refractivity contribution in [3.05, 3.63) is 12.3 Å². The summed E-state index contributed by atoms with van der Waals surface area (Å²) in [6, 6.07) is 0. The van der Waals surface area contributed by atoms with E-state index in [2.05, 4.69) is 20.6 Å². The Bertz CT molecular complexity index is 181. The molecule has 0 aromatic carbocycles. The van der Waals surface area contributed by atoms with Crippen LogP contribution in [0.2, 0.25) is 0 Å². The maximum absolute atomic E-state index is 5.46. The van der Waals surface area contributed by atoms with Crippen LogP contribution in [0.25, 0.3) is 0 Å². The van der Waals surface area contributed by atoms with Gasteiger partial charge in [0.25, 0.3) is 0 Å². The second-order valence-corrected chi connectivity index (χ2v) is 3.56. The average molecular weight is 172 g/mol. The molecule has 2 unspecified atom stereocenters. The lowest BCUT2D eigenvalue weighted by Gasteiger charge is -2.11. The van der Waals surface area contributed by atoms with Gasteiger partial charge in [-0.1, -0.05) is 6.58 Å². The van der Waals surface area contributed by atoms with E-state index >= 15 is 0 Å². The molecule has 3 nitrogen and oxygen atoms in total. The Labute approximate surface area is 74.2 Å². The second-order valence-electron chi connectivity index (χ2n) is 3.56. The predicted octanol–water partition coefficient (Wildman–Crippen LogP) is 1.32. The normalized spacial score (nSPS) is 33.1. The highest BCUT2D eigenvalue weighted by Gasteiger charge is 2.51. The Balaban J connectivity index is 2.08. The van der Waals surface area contributed by atoms with E-state index in [1.54, 1.807) is 0 Å². The van der Waals surface area contributed by atoms with Crippen LogP contribution in [0.5, 0.6) is 0 Å². The van der Waals surface area contributed by atoms with E-state index in [4.69, 9.17) is 9.47 Å². The molecule has 0 N–H and O–H groups in total. The number of rotatable bonds is 5. The topological polar surface area (TPSA) is 18.5 Å². The summed E-state index contributed by atoms with van der Waals surface area (Å²) in [5.41, 5.74) is 0. The maximum Gasteiger partial charge on any atom is 0.246 e. The van der Waals surface area contributed by atoms with Crippen molar-refractivity contribution in [2.24, 2.45) is 0 Å². The van der Waals surface area contributed by atoms with Crippen LogP contribution in [-0.4, -0.2) is 37.6 Å². The molecule has 12 heavy (non-hydrogen) atoms. The minimum Gasteiger partial charge on any atom is -0.473 e. The van der Waals surface area contributed by atoms with Gasteiger partial charge in [0.2, 0.25) is 6.23 Å². The monoisotopic (exact) mass is 172 g/mol. The molecule has 0 aliphatic carbocycles. The lowest BCUT2D eigenvalue weighted by atomic mass is 10.7. The lowest BCUT2D eigenvalue weighted by molar-refractivity contribution is -0.806. The van der Waals surface area contributed by atoms with Crippen molar-refractivity contribution in [2.75, 3.05) is 26.9 Å². The summed E-state index contributed by atoms with van der Waals surface area (Å²) in [5, 5.41) is 0. The molecular formula is C9H18NO2+. The number of hydrogen-bond acceptors (Lipinski definition) is 2. The molecule has 0 aromatic rings. The molecule has 3 heteroatoms. The van der Waals surface area contributed by atoms with Crippen LogP contribution in [0.3, 0.4) is 0 Å². The summed E-state index contributed by atoms with van der Waals surface area (Å²) in [6.45, 7) is 10.2. The number of nitrogens with zero attached hydrogens (tertiary/aromatic N) is 1. The third-order valence-corrected chi connectivity index (χ3v) is 2.42. The third-order valence-electron chi connectivity index (χ3n) is 2.42. The summed E-state index contributed by atoms with van der Waals surface area (Å²) in [4.78, 5) is 0. The molecule has 0 aromatic heterocycles. The largest absolute Gasteiger partial charge is 0.473 e. The third kappa shape index (κ3) is 2.22. The summed E-state index contributed by atoms with van der Waals surface area (Å²) < 4.78 is 11.6. The Hall–Kier alpha value is -0.540. The van der Waals surface area contributed by atoms with Crippen molar-refractivity contribution >= 4 is 0 Å². The maximum atomic E-state index is 5.46. The Morgan fingerprint density at radius 2 is 2.33 bits per heavy atom. The van der Waals surface area contributed by atoms with E-state index in [1.165, 1.54) is 0 Å². The van der Waals surface area contributed by atoms with Gasteiger partial charge in [-0.3, -0.25) is 9.22 Å². The molecule has 0 bridgehead atoms. The fraction of sp³-hybridized carbons (Fsp3) is 0.778. The van der Waals surface area contributed by atoms with E-state index in [-0.39, 0.29) is 0 Å². The van der Waals surface area contributed by atoms with E-state index < -0.39 is 0 Å². The lowest BCUT2D eigenvalue weighted by Crippen LogP contribution is -2.24. The summed E-state index contributed by atoms with van der Waals surface area (Å²) >= 11 is 0. The zero-order valence-corrected chi connectivity index (χ0v) is 8.17. The minimum atomic E-state index is 0.341. The molecule has 0 saturated carbocycles. The van der Waals surface area contributed by atoms with Crippen molar-refractivity contribution in [3.8, 4) is 0 Å². The minimum absolute atomic E-state index is 0.341. The number of ether oxygens (including phenoxy) is 2. The van der Waals surface area contributed by atoms with E-state index in [9.17, 15) is 0 Å². The number of hydrogen-bond donors (Lipinski definition) is 0. The van der Waals surface area contributed by atoms with E-state index in [1.807, 2.05) is 6.92 Å². The van der Waals surface area contributed by atoms with Gasteiger partial charge in [-0.25, -0.2) is 0 Å². The molecule has 0 amide bonds. The van der Waals surface area contributed by atoms with Gasteiger partial charge < -0.3 is 4.74 Å². The van der Waals surface area contributed by atoms with E-state index in [0.717, 1.165) is 17.6 Å². The molecule has 0 spiro atoms. The first-order chi connectivity index (χ1) is 5.58. The SMILES string of the molecule is C=C(C)OCOC1C[N+]1(C)CC. The fourth-order valence-electron chi connectivity index (χ4n) is 1.09. The van der Waals surface area contributed by atoms with Crippen molar-refractivity contribution in [1.82, 2.24) is 0 Å². The molecule has 2 atom stereocenters. The fourth-order valence-corrected chi connectivity index (χ4v) is 1.09. The molecule has 1 fully saturated rings. The van der Waals surface area contributed by atoms with Gasteiger partial charge in [0.15, 0.2) is 13.3 Å². The first-order valence-electron chi connectivity index (χ1n) is 4.32. The Morgan fingerprint density at radius 3 is 2.75 bits per heavy atom. The highest BCUT2D eigenvalue weighted by molar-refractivity contribution is 4.72. The number of likely N-dealkylation sites (N-methyl/N-ethyl adjacent to an activating group) is 1. The van der Waals surface area contributed by atoms with Gasteiger partial charge >= 0.3 is 0 Å². The first kappa shape index (κ1) is 9.55. The zero-order chi connectivity index (χ0) is 9.19. The van der Waals surface area contributed by atoms with Crippen LogP contribution in [0.1, 0.15) is 13.8 Å². The first-order valence-corrected chi connectivity index (χ1v) is 4.32. The number of allylic oxidation sites excluding steroid dienone is 1. The number of quaternary nitrogens is 1. The van der Waals surface area contributed by atoms with Gasteiger partial charge in [-0.15, -0.1) is 0 Å². The summed E-state index contributed by atoms with van der Waals surface area (Å²) in [5.74, 6) is 0.710. The second kappa shape index (κ2) is 3.46. The zero-order valence-electron chi connectivity index (χ0n) is 8.17. The summed E-state index contributed by atoms with van der Waals surface area (Å²) in [6.07, 6.45) is 0.342. The quantitative estimate of drug-likeness (QED) is 0.269.